The molecule has 2 aromatic carbocycles. The molecule has 5 heteroatoms. The summed E-state index contributed by atoms with van der Waals surface area (Å²) in [5.74, 6) is -1.65. The van der Waals surface area contributed by atoms with Crippen molar-refractivity contribution in [3.05, 3.63) is 57.8 Å². The van der Waals surface area contributed by atoms with Crippen LogP contribution in [0.3, 0.4) is 0 Å². The zero-order chi connectivity index (χ0) is 13.3. The lowest BCUT2D eigenvalue weighted by Gasteiger charge is -2.07. The van der Waals surface area contributed by atoms with Gasteiger partial charge in [0.2, 0.25) is 0 Å². The molecule has 0 unspecified atom stereocenters. The number of aromatic carboxylic acids is 1. The van der Waals surface area contributed by atoms with E-state index in [2.05, 4.69) is 0 Å². The Morgan fingerprint density at radius 2 is 1.83 bits per heavy atom. The second-order valence-corrected chi connectivity index (χ2v) is 4.47. The monoisotopic (exact) mass is 284 g/mol. The number of rotatable bonds is 2. The molecular weight excluding hydrogens is 278 g/mol. The summed E-state index contributed by atoms with van der Waals surface area (Å²) in [6.45, 7) is 0. The van der Waals surface area contributed by atoms with Crippen molar-refractivity contribution < 1.29 is 14.3 Å². The minimum Gasteiger partial charge on any atom is -0.478 e. The minimum atomic E-state index is -1.10. The van der Waals surface area contributed by atoms with Crippen LogP contribution < -0.4 is 0 Å². The maximum atomic E-state index is 13.1. The van der Waals surface area contributed by atoms with Gasteiger partial charge < -0.3 is 5.11 Å². The van der Waals surface area contributed by atoms with Crippen LogP contribution >= 0.6 is 23.2 Å². The van der Waals surface area contributed by atoms with Gasteiger partial charge in [-0.3, -0.25) is 0 Å². The summed E-state index contributed by atoms with van der Waals surface area (Å²) in [7, 11) is 0. The summed E-state index contributed by atoms with van der Waals surface area (Å²) in [5, 5.41) is 9.38. The summed E-state index contributed by atoms with van der Waals surface area (Å²) < 4.78 is 13.1. The summed E-state index contributed by atoms with van der Waals surface area (Å²) in [4.78, 5) is 11.1. The SMILES string of the molecule is O=C(O)c1cc(Cl)ccc1-c1ccc(F)c(Cl)c1. The van der Waals surface area contributed by atoms with E-state index in [1.807, 2.05) is 0 Å². The van der Waals surface area contributed by atoms with Crippen LogP contribution in [0.2, 0.25) is 10.0 Å². The van der Waals surface area contributed by atoms with Gasteiger partial charge in [0, 0.05) is 5.02 Å². The smallest absolute Gasteiger partial charge is 0.336 e. The fraction of sp³-hybridized carbons (Fsp3) is 0. The van der Waals surface area contributed by atoms with E-state index in [0.29, 0.717) is 16.1 Å². The highest BCUT2D eigenvalue weighted by atomic mass is 35.5. The quantitative estimate of drug-likeness (QED) is 0.882. The second kappa shape index (κ2) is 4.96. The molecule has 0 amide bonds. The third-order valence-corrected chi connectivity index (χ3v) is 2.97. The normalized spacial score (nSPS) is 10.4. The van der Waals surface area contributed by atoms with Crippen LogP contribution in [0.1, 0.15) is 10.4 Å². The van der Waals surface area contributed by atoms with E-state index in [9.17, 15) is 9.18 Å². The van der Waals surface area contributed by atoms with Gasteiger partial charge in [0.25, 0.3) is 0 Å². The Labute approximate surface area is 113 Å². The van der Waals surface area contributed by atoms with Gasteiger partial charge in [0.1, 0.15) is 5.82 Å². The fourth-order valence-electron chi connectivity index (χ4n) is 1.61. The van der Waals surface area contributed by atoms with E-state index in [1.165, 1.54) is 24.3 Å². The molecule has 0 saturated carbocycles. The predicted molar refractivity (Wildman–Crippen MR) is 68.8 cm³/mol. The van der Waals surface area contributed by atoms with Crippen molar-refractivity contribution in [2.75, 3.05) is 0 Å². The standard InChI is InChI=1S/C13H7Cl2FO2/c14-8-2-3-9(10(6-8)13(17)18)7-1-4-12(16)11(15)5-7/h1-6H,(H,17,18). The maximum Gasteiger partial charge on any atom is 0.336 e. The molecule has 0 spiro atoms. The van der Waals surface area contributed by atoms with Gasteiger partial charge in [-0.05, 0) is 35.4 Å². The van der Waals surface area contributed by atoms with Crippen molar-refractivity contribution in [1.82, 2.24) is 0 Å². The van der Waals surface area contributed by atoms with Crippen molar-refractivity contribution >= 4 is 29.2 Å². The molecule has 0 heterocycles. The van der Waals surface area contributed by atoms with Gasteiger partial charge in [0.05, 0.1) is 10.6 Å². The number of hydrogen-bond acceptors (Lipinski definition) is 1. The number of carboxylic acid groups (broad SMARTS) is 1. The van der Waals surface area contributed by atoms with Crippen LogP contribution in [0.25, 0.3) is 11.1 Å². The average molecular weight is 285 g/mol. The van der Waals surface area contributed by atoms with Gasteiger partial charge in [-0.25, -0.2) is 9.18 Å². The predicted octanol–water partition coefficient (Wildman–Crippen LogP) is 4.50. The molecule has 2 rings (SSSR count). The number of carboxylic acids is 1. The van der Waals surface area contributed by atoms with E-state index in [1.54, 1.807) is 12.1 Å². The van der Waals surface area contributed by atoms with Gasteiger partial charge in [-0.1, -0.05) is 35.3 Å². The molecule has 0 saturated heterocycles. The van der Waals surface area contributed by atoms with Gasteiger partial charge in [0.15, 0.2) is 0 Å². The highest BCUT2D eigenvalue weighted by Gasteiger charge is 2.13. The van der Waals surface area contributed by atoms with Crippen molar-refractivity contribution in [3.8, 4) is 11.1 Å². The topological polar surface area (TPSA) is 37.3 Å². The van der Waals surface area contributed by atoms with Crippen molar-refractivity contribution in [2.24, 2.45) is 0 Å². The summed E-state index contributed by atoms with van der Waals surface area (Å²) in [5.41, 5.74) is 1.01. The van der Waals surface area contributed by atoms with Crippen LogP contribution in [-0.2, 0) is 0 Å². The molecule has 0 aliphatic carbocycles. The molecule has 18 heavy (non-hydrogen) atoms. The Morgan fingerprint density at radius 1 is 1.11 bits per heavy atom. The summed E-state index contributed by atoms with van der Waals surface area (Å²) in [6.07, 6.45) is 0. The molecule has 2 nitrogen and oxygen atoms in total. The lowest BCUT2D eigenvalue weighted by atomic mass is 10.00. The van der Waals surface area contributed by atoms with E-state index in [-0.39, 0.29) is 10.6 Å². The maximum absolute atomic E-state index is 13.1. The van der Waals surface area contributed by atoms with Gasteiger partial charge in [-0.15, -0.1) is 0 Å². The van der Waals surface area contributed by atoms with Gasteiger partial charge in [-0.2, -0.15) is 0 Å². The van der Waals surface area contributed by atoms with Crippen LogP contribution in [0.4, 0.5) is 4.39 Å². The molecule has 1 N–H and O–H groups in total. The minimum absolute atomic E-state index is 0.0465. The van der Waals surface area contributed by atoms with Crippen molar-refractivity contribution in [1.29, 1.82) is 0 Å². The first-order valence-electron chi connectivity index (χ1n) is 4.97. The first kappa shape index (κ1) is 12.9. The largest absolute Gasteiger partial charge is 0.478 e. The van der Waals surface area contributed by atoms with Crippen LogP contribution in [0.5, 0.6) is 0 Å². The van der Waals surface area contributed by atoms with E-state index < -0.39 is 11.8 Å². The van der Waals surface area contributed by atoms with Crippen molar-refractivity contribution in [2.45, 2.75) is 0 Å². The van der Waals surface area contributed by atoms with Gasteiger partial charge >= 0.3 is 5.97 Å². The van der Waals surface area contributed by atoms with Crippen LogP contribution in [0, 0.1) is 5.82 Å². The first-order chi connectivity index (χ1) is 8.49. The Balaban J connectivity index is 2.63. The number of halogens is 3. The highest BCUT2D eigenvalue weighted by Crippen LogP contribution is 2.29. The molecule has 0 aromatic heterocycles. The van der Waals surface area contributed by atoms with E-state index in [4.69, 9.17) is 28.3 Å². The molecule has 2 aromatic rings. The summed E-state index contributed by atoms with van der Waals surface area (Å²) in [6, 6.07) is 8.52. The first-order valence-corrected chi connectivity index (χ1v) is 5.73. The molecule has 92 valence electrons. The molecule has 0 atom stereocenters. The lowest BCUT2D eigenvalue weighted by molar-refractivity contribution is 0.0697. The molecule has 0 aliphatic rings. The Hall–Kier alpha value is -1.58. The second-order valence-electron chi connectivity index (χ2n) is 3.62. The molecule has 0 fully saturated rings. The third kappa shape index (κ3) is 2.47. The average Bonchev–Trinajstić information content (AvgIpc) is 2.32. The van der Waals surface area contributed by atoms with E-state index in [0.717, 1.165) is 0 Å². The Kier molecular flexibility index (Phi) is 3.55. The molecule has 0 aliphatic heterocycles. The lowest BCUT2D eigenvalue weighted by Crippen LogP contribution is -1.99. The van der Waals surface area contributed by atoms with Crippen LogP contribution in [0.15, 0.2) is 36.4 Å². The Bertz CT molecular complexity index is 626. The molecule has 0 bridgehead atoms. The zero-order valence-corrected chi connectivity index (χ0v) is 10.5. The van der Waals surface area contributed by atoms with Crippen LogP contribution in [-0.4, -0.2) is 11.1 Å². The fourth-order valence-corrected chi connectivity index (χ4v) is 1.96. The Morgan fingerprint density at radius 3 is 2.44 bits per heavy atom. The highest BCUT2D eigenvalue weighted by molar-refractivity contribution is 6.31. The van der Waals surface area contributed by atoms with Crippen molar-refractivity contribution in [3.63, 3.8) is 0 Å². The summed E-state index contributed by atoms with van der Waals surface area (Å²) >= 11 is 11.4. The molecule has 0 radical (unpaired) electrons. The number of hydrogen-bond donors (Lipinski definition) is 1. The molecular formula is C13H7Cl2FO2. The third-order valence-electron chi connectivity index (χ3n) is 2.44. The number of carbonyl (C=O) groups is 1. The van der Waals surface area contributed by atoms with E-state index >= 15 is 0 Å². The zero-order valence-electron chi connectivity index (χ0n) is 8.95. The number of benzene rings is 2.